The Balaban J connectivity index is 2.15. The minimum atomic E-state index is -0.966. The van der Waals surface area contributed by atoms with E-state index in [9.17, 15) is 5.11 Å². The van der Waals surface area contributed by atoms with Crippen LogP contribution in [0.3, 0.4) is 0 Å². The first-order valence-corrected chi connectivity index (χ1v) is 3.94. The van der Waals surface area contributed by atoms with Crippen molar-refractivity contribution in [1.82, 2.24) is 0 Å². The van der Waals surface area contributed by atoms with Crippen LogP contribution in [-0.4, -0.2) is 35.6 Å². The van der Waals surface area contributed by atoms with E-state index in [4.69, 9.17) is 19.9 Å². The van der Waals surface area contributed by atoms with E-state index >= 15 is 0 Å². The molecule has 2 saturated heterocycles. The van der Waals surface area contributed by atoms with Crippen molar-refractivity contribution < 1.29 is 19.3 Å². The van der Waals surface area contributed by atoms with Crippen molar-refractivity contribution in [3.8, 4) is 0 Å². The van der Waals surface area contributed by atoms with Gasteiger partial charge >= 0.3 is 0 Å². The zero-order valence-corrected chi connectivity index (χ0v) is 7.06. The molecule has 0 aromatic heterocycles. The summed E-state index contributed by atoms with van der Waals surface area (Å²) >= 11 is 0. The summed E-state index contributed by atoms with van der Waals surface area (Å²) < 4.78 is 15.7. The Hall–Kier alpha value is -0.200. The Morgan fingerprint density at radius 2 is 1.83 bits per heavy atom. The maximum atomic E-state index is 9.29. The number of aliphatic hydroxyl groups is 1. The Kier molecular flexibility index (Phi) is 1.68. The molecule has 4 atom stereocenters. The predicted molar refractivity (Wildman–Crippen MR) is 38.9 cm³/mol. The summed E-state index contributed by atoms with van der Waals surface area (Å²) in [6, 6.07) is 0. The van der Waals surface area contributed by atoms with Crippen molar-refractivity contribution in [2.75, 3.05) is 0 Å². The number of fused-ring (bicyclic) bond motifs is 1. The highest BCUT2D eigenvalue weighted by atomic mass is 16.8. The second-order valence-electron chi connectivity index (χ2n) is 3.56. The average Bonchev–Trinajstić information content (AvgIpc) is 2.34. The molecule has 5 heteroatoms. The smallest absolute Gasteiger partial charge is 0.186 e. The van der Waals surface area contributed by atoms with Crippen LogP contribution in [0.1, 0.15) is 13.8 Å². The van der Waals surface area contributed by atoms with Gasteiger partial charge in [0.05, 0.1) is 0 Å². The molecule has 0 amide bonds. The van der Waals surface area contributed by atoms with Crippen LogP contribution in [0.4, 0.5) is 0 Å². The fraction of sp³-hybridized carbons (Fsp3) is 1.00. The highest BCUT2D eigenvalue weighted by molar-refractivity contribution is 4.91. The van der Waals surface area contributed by atoms with E-state index in [1.165, 1.54) is 0 Å². The van der Waals surface area contributed by atoms with Crippen LogP contribution in [-0.2, 0) is 14.2 Å². The Morgan fingerprint density at radius 3 is 2.42 bits per heavy atom. The molecular weight excluding hydrogens is 162 g/mol. The molecule has 2 aliphatic heterocycles. The fourth-order valence-electron chi connectivity index (χ4n) is 1.61. The van der Waals surface area contributed by atoms with Gasteiger partial charge in [-0.15, -0.1) is 0 Å². The Morgan fingerprint density at radius 1 is 1.25 bits per heavy atom. The van der Waals surface area contributed by atoms with Crippen molar-refractivity contribution in [3.05, 3.63) is 0 Å². The van der Waals surface area contributed by atoms with Crippen LogP contribution in [0, 0.1) is 0 Å². The van der Waals surface area contributed by atoms with Crippen LogP contribution in [0.5, 0.6) is 0 Å². The van der Waals surface area contributed by atoms with Crippen LogP contribution < -0.4 is 5.73 Å². The van der Waals surface area contributed by atoms with Gasteiger partial charge in [0.25, 0.3) is 0 Å². The summed E-state index contributed by atoms with van der Waals surface area (Å²) in [7, 11) is 0. The molecule has 2 aliphatic rings. The molecule has 5 nitrogen and oxygen atoms in total. The molecular formula is C7H13NO4. The van der Waals surface area contributed by atoms with Gasteiger partial charge in [-0.05, 0) is 13.8 Å². The third-order valence-corrected chi connectivity index (χ3v) is 2.07. The van der Waals surface area contributed by atoms with E-state index in [1.54, 1.807) is 13.8 Å². The van der Waals surface area contributed by atoms with E-state index in [2.05, 4.69) is 0 Å². The predicted octanol–water partition coefficient (Wildman–Crippen LogP) is -0.860. The van der Waals surface area contributed by atoms with Crippen molar-refractivity contribution in [3.63, 3.8) is 0 Å². The third kappa shape index (κ3) is 1.14. The van der Waals surface area contributed by atoms with Crippen molar-refractivity contribution >= 4 is 0 Å². The van der Waals surface area contributed by atoms with Crippen molar-refractivity contribution in [1.29, 1.82) is 0 Å². The fourth-order valence-corrected chi connectivity index (χ4v) is 1.61. The molecule has 3 N–H and O–H groups in total. The van der Waals surface area contributed by atoms with E-state index in [1.807, 2.05) is 0 Å². The van der Waals surface area contributed by atoms with Gasteiger partial charge in [0.15, 0.2) is 12.1 Å². The second-order valence-corrected chi connectivity index (χ2v) is 3.56. The topological polar surface area (TPSA) is 73.9 Å². The van der Waals surface area contributed by atoms with E-state index in [-0.39, 0.29) is 6.10 Å². The first kappa shape index (κ1) is 8.40. The first-order valence-electron chi connectivity index (χ1n) is 3.94. The Bertz CT molecular complexity index is 178. The highest BCUT2D eigenvalue weighted by Crippen LogP contribution is 2.36. The van der Waals surface area contributed by atoms with Gasteiger partial charge in [-0.2, -0.15) is 0 Å². The lowest BCUT2D eigenvalue weighted by Crippen LogP contribution is -2.35. The summed E-state index contributed by atoms with van der Waals surface area (Å²) in [5, 5.41) is 9.29. The first-order chi connectivity index (χ1) is 5.49. The minimum absolute atomic E-state index is 0.352. The molecule has 0 spiro atoms. The monoisotopic (exact) mass is 175 g/mol. The summed E-state index contributed by atoms with van der Waals surface area (Å²) in [5.74, 6) is -0.669. The summed E-state index contributed by atoms with van der Waals surface area (Å²) in [4.78, 5) is 0. The molecule has 0 bridgehead atoms. The maximum Gasteiger partial charge on any atom is 0.186 e. The largest absolute Gasteiger partial charge is 0.366 e. The van der Waals surface area contributed by atoms with Crippen molar-refractivity contribution in [2.45, 2.75) is 44.4 Å². The van der Waals surface area contributed by atoms with Crippen molar-refractivity contribution in [2.24, 2.45) is 5.73 Å². The number of hydrogen-bond acceptors (Lipinski definition) is 5. The van der Waals surface area contributed by atoms with Crippen LogP contribution in [0.2, 0.25) is 0 Å². The number of hydrogen-bond donors (Lipinski definition) is 2. The quantitative estimate of drug-likeness (QED) is 0.501. The van der Waals surface area contributed by atoms with Crippen LogP contribution in [0.15, 0.2) is 0 Å². The number of aliphatic hydroxyl groups excluding tert-OH is 1. The van der Waals surface area contributed by atoms with Gasteiger partial charge in [-0.25, -0.2) is 0 Å². The van der Waals surface area contributed by atoms with Gasteiger partial charge in [-0.1, -0.05) is 0 Å². The lowest BCUT2D eigenvalue weighted by molar-refractivity contribution is -0.219. The maximum absolute atomic E-state index is 9.29. The summed E-state index contributed by atoms with van der Waals surface area (Å²) in [6.07, 6.45) is -2.36. The normalized spacial score (nSPS) is 51.0. The molecule has 0 aromatic carbocycles. The number of nitrogens with two attached hydrogens (primary N) is 1. The summed E-state index contributed by atoms with van der Waals surface area (Å²) in [6.45, 7) is 3.56. The van der Waals surface area contributed by atoms with E-state index < -0.39 is 24.4 Å². The van der Waals surface area contributed by atoms with Gasteiger partial charge in [-0.3, -0.25) is 0 Å². The molecule has 2 fully saturated rings. The zero-order valence-electron chi connectivity index (χ0n) is 7.06. The molecule has 0 aromatic rings. The number of ether oxygens (including phenoxy) is 3. The average molecular weight is 175 g/mol. The van der Waals surface area contributed by atoms with Crippen LogP contribution >= 0.6 is 0 Å². The van der Waals surface area contributed by atoms with E-state index in [0.717, 1.165) is 0 Å². The highest BCUT2D eigenvalue weighted by Gasteiger charge is 2.53. The van der Waals surface area contributed by atoms with Gasteiger partial charge in [0.1, 0.15) is 18.4 Å². The minimum Gasteiger partial charge on any atom is -0.366 e. The molecule has 0 unspecified atom stereocenters. The molecule has 2 rings (SSSR count). The SMILES string of the molecule is CC1(C)O[C@H]2[C@H](O1)[C@@H](O)O[C@H]2N. The lowest BCUT2D eigenvalue weighted by Gasteiger charge is -2.20. The summed E-state index contributed by atoms with van der Waals surface area (Å²) in [5.41, 5.74) is 5.54. The van der Waals surface area contributed by atoms with Gasteiger partial charge in [0, 0.05) is 0 Å². The van der Waals surface area contributed by atoms with E-state index in [0.29, 0.717) is 0 Å². The molecule has 70 valence electrons. The third-order valence-electron chi connectivity index (χ3n) is 2.07. The van der Waals surface area contributed by atoms with Crippen LogP contribution in [0.25, 0.3) is 0 Å². The zero-order chi connectivity index (χ0) is 8.93. The lowest BCUT2D eigenvalue weighted by atomic mass is 10.2. The number of rotatable bonds is 0. The second kappa shape index (κ2) is 2.40. The molecule has 0 aliphatic carbocycles. The molecule has 12 heavy (non-hydrogen) atoms. The molecule has 2 heterocycles. The Labute approximate surface area is 70.4 Å². The molecule has 0 saturated carbocycles. The standard InChI is InChI=1S/C7H13NO4/c1-7(2)11-3-4(12-7)6(9)10-5(3)8/h3-6,9H,8H2,1-2H3/t3-,4-,5+,6-/m0/s1. The van der Waals surface area contributed by atoms with Gasteiger partial charge in [0.2, 0.25) is 0 Å². The van der Waals surface area contributed by atoms with Gasteiger partial charge < -0.3 is 25.1 Å². The molecule has 0 radical (unpaired) electrons.